The van der Waals surface area contributed by atoms with E-state index in [-0.39, 0.29) is 0 Å². The predicted octanol–water partition coefficient (Wildman–Crippen LogP) is 8.19. The molecule has 0 spiro atoms. The Morgan fingerprint density at radius 2 is 1.07 bits per heavy atom. The Bertz CT molecular complexity index is 426. The van der Waals surface area contributed by atoms with E-state index in [1.807, 2.05) is 0 Å². The molecule has 1 heteroatoms. The van der Waals surface area contributed by atoms with Gasteiger partial charge in [0.2, 0.25) is 0 Å². The number of hydrogen-bond donors (Lipinski definition) is 0. The fourth-order valence-electron chi connectivity index (χ4n) is 3.93. The van der Waals surface area contributed by atoms with Gasteiger partial charge in [-0.3, -0.25) is 0 Å². The minimum Gasteiger partial charge on any atom is -0.205 e. The second-order valence-corrected chi connectivity index (χ2v) is 8.50. The van der Waals surface area contributed by atoms with Crippen LogP contribution in [0.4, 0.5) is 0 Å². The average Bonchev–Trinajstić information content (AvgIpc) is 2.69. The number of hydrogen-bond acceptors (Lipinski definition) is 0. The topological polar surface area (TPSA) is 3.88 Å². The summed E-state index contributed by atoms with van der Waals surface area (Å²) in [5.74, 6) is 0. The summed E-state index contributed by atoms with van der Waals surface area (Å²) in [5.41, 5.74) is 1.52. The van der Waals surface area contributed by atoms with Gasteiger partial charge in [-0.05, 0) is 25.3 Å². The van der Waals surface area contributed by atoms with Gasteiger partial charge in [0.1, 0.15) is 6.54 Å². The van der Waals surface area contributed by atoms with Crippen molar-refractivity contribution in [1.82, 2.24) is 0 Å². The van der Waals surface area contributed by atoms with Gasteiger partial charge in [-0.15, -0.1) is 0 Å². The molecule has 0 saturated heterocycles. The van der Waals surface area contributed by atoms with Crippen LogP contribution in [0.2, 0.25) is 0 Å². The van der Waals surface area contributed by atoms with Crippen LogP contribution in [0.5, 0.6) is 0 Å². The zero-order chi connectivity index (χ0) is 19.4. The van der Waals surface area contributed by atoms with Crippen molar-refractivity contribution in [2.24, 2.45) is 0 Å². The third-order valence-electron chi connectivity index (χ3n) is 5.76. The fourth-order valence-corrected chi connectivity index (χ4v) is 3.93. The minimum atomic E-state index is 1.18. The molecule has 0 aliphatic heterocycles. The van der Waals surface area contributed by atoms with Crippen molar-refractivity contribution in [3.05, 3.63) is 30.1 Å². The number of rotatable bonds is 19. The second kappa shape index (κ2) is 18.5. The molecule has 1 nitrogen and oxygen atoms in total. The van der Waals surface area contributed by atoms with Gasteiger partial charge < -0.3 is 0 Å². The molecule has 0 aliphatic rings. The van der Waals surface area contributed by atoms with Crippen LogP contribution >= 0.6 is 0 Å². The van der Waals surface area contributed by atoms with E-state index in [2.05, 4.69) is 42.9 Å². The van der Waals surface area contributed by atoms with Crippen molar-refractivity contribution in [2.45, 2.75) is 136 Å². The van der Waals surface area contributed by atoms with Gasteiger partial charge >= 0.3 is 0 Å². The number of aryl methyl sites for hydroxylation is 2. The lowest BCUT2D eigenvalue weighted by molar-refractivity contribution is -0.697. The molecule has 0 unspecified atom stereocenters. The normalized spacial score (nSPS) is 11.2. The third-order valence-corrected chi connectivity index (χ3v) is 5.76. The highest BCUT2D eigenvalue weighted by Crippen LogP contribution is 2.13. The van der Waals surface area contributed by atoms with Crippen molar-refractivity contribution >= 4 is 0 Å². The number of unbranched alkanes of at least 4 members (excludes halogenated alkanes) is 15. The van der Waals surface area contributed by atoms with Crippen LogP contribution in [0.3, 0.4) is 0 Å². The van der Waals surface area contributed by atoms with Gasteiger partial charge in [0.15, 0.2) is 12.4 Å². The average molecular weight is 375 g/mol. The maximum Gasteiger partial charge on any atom is 0.171 e. The van der Waals surface area contributed by atoms with Crippen LogP contribution in [0, 0.1) is 0 Å². The molecule has 1 aromatic heterocycles. The monoisotopic (exact) mass is 374 g/mol. The molecule has 0 radical (unpaired) electrons. The maximum absolute atomic E-state index is 2.38. The number of nitrogens with zero attached hydrogens (tertiary/aromatic N) is 1. The summed E-state index contributed by atoms with van der Waals surface area (Å²) in [4.78, 5) is 0. The molecule has 1 rings (SSSR count). The quantitative estimate of drug-likeness (QED) is 0.170. The predicted molar refractivity (Wildman–Crippen MR) is 120 cm³/mol. The zero-order valence-corrected chi connectivity index (χ0v) is 18.7. The van der Waals surface area contributed by atoms with Crippen molar-refractivity contribution in [3.63, 3.8) is 0 Å². The summed E-state index contributed by atoms with van der Waals surface area (Å²) >= 11 is 0. The fraction of sp³-hybridized carbons (Fsp3) is 0.808. The highest BCUT2D eigenvalue weighted by molar-refractivity contribution is 5.05. The Hall–Kier alpha value is -0.850. The smallest absolute Gasteiger partial charge is 0.171 e. The number of pyridine rings is 1. The zero-order valence-electron chi connectivity index (χ0n) is 18.7. The molecule has 0 atom stereocenters. The first-order valence-electron chi connectivity index (χ1n) is 12.3. The van der Waals surface area contributed by atoms with Crippen molar-refractivity contribution < 1.29 is 4.57 Å². The minimum absolute atomic E-state index is 1.18. The molecular weight excluding hydrogens is 326 g/mol. The molecule has 0 fully saturated rings. The molecule has 0 amide bonds. The summed E-state index contributed by atoms with van der Waals surface area (Å²) in [6, 6.07) is 4.53. The first kappa shape index (κ1) is 24.2. The molecule has 156 valence electrons. The summed E-state index contributed by atoms with van der Waals surface area (Å²) in [6.07, 6.45) is 30.0. The highest BCUT2D eigenvalue weighted by atomic mass is 14.9. The van der Waals surface area contributed by atoms with Crippen molar-refractivity contribution in [1.29, 1.82) is 0 Å². The van der Waals surface area contributed by atoms with Gasteiger partial charge in [-0.25, -0.2) is 4.57 Å². The summed E-state index contributed by atoms with van der Waals surface area (Å²) < 4.78 is 2.38. The lowest BCUT2D eigenvalue weighted by Crippen LogP contribution is -2.33. The van der Waals surface area contributed by atoms with Gasteiger partial charge in [0.05, 0.1) is 0 Å². The maximum atomic E-state index is 2.38. The standard InChI is InChI=1S/C26H48N/c1-3-5-7-8-9-10-11-12-13-14-15-16-17-18-21-26-22-20-24-27(25-26)23-19-6-4-2/h20,22,24-25H,3-19,21,23H2,1-2H3/q+1. The van der Waals surface area contributed by atoms with E-state index in [1.165, 1.54) is 128 Å². The second-order valence-electron chi connectivity index (χ2n) is 8.50. The van der Waals surface area contributed by atoms with Crippen LogP contribution < -0.4 is 4.57 Å². The summed E-state index contributed by atoms with van der Waals surface area (Å²) in [5, 5.41) is 0. The van der Waals surface area contributed by atoms with E-state index in [0.717, 1.165) is 0 Å². The van der Waals surface area contributed by atoms with Crippen molar-refractivity contribution in [2.75, 3.05) is 0 Å². The summed E-state index contributed by atoms with van der Waals surface area (Å²) in [7, 11) is 0. The van der Waals surface area contributed by atoms with E-state index >= 15 is 0 Å². The Balaban J connectivity index is 1.89. The van der Waals surface area contributed by atoms with Crippen LogP contribution in [-0.2, 0) is 13.0 Å². The van der Waals surface area contributed by atoms with E-state index in [0.29, 0.717) is 0 Å². The van der Waals surface area contributed by atoms with E-state index in [1.54, 1.807) is 0 Å². The van der Waals surface area contributed by atoms with E-state index in [4.69, 9.17) is 0 Å². The SMILES string of the molecule is CCCCCCCCCCCCCCCCc1ccc[n+](CCCCC)c1. The van der Waals surface area contributed by atoms with E-state index < -0.39 is 0 Å². The summed E-state index contributed by atoms with van der Waals surface area (Å²) in [6.45, 7) is 5.75. The first-order valence-corrected chi connectivity index (χ1v) is 12.3. The lowest BCUT2D eigenvalue weighted by Gasteiger charge is -2.04. The highest BCUT2D eigenvalue weighted by Gasteiger charge is 2.02. The molecule has 0 bridgehead atoms. The molecule has 0 aliphatic carbocycles. The Kier molecular flexibility index (Phi) is 16.6. The largest absolute Gasteiger partial charge is 0.205 e. The van der Waals surface area contributed by atoms with Crippen LogP contribution in [0.25, 0.3) is 0 Å². The van der Waals surface area contributed by atoms with Crippen LogP contribution in [0.15, 0.2) is 24.5 Å². The van der Waals surface area contributed by atoms with Gasteiger partial charge in [0.25, 0.3) is 0 Å². The first-order chi connectivity index (χ1) is 13.4. The van der Waals surface area contributed by atoms with E-state index in [9.17, 15) is 0 Å². The molecule has 0 saturated carbocycles. The van der Waals surface area contributed by atoms with Crippen LogP contribution in [0.1, 0.15) is 129 Å². The third kappa shape index (κ3) is 14.8. The Morgan fingerprint density at radius 1 is 0.593 bits per heavy atom. The molecular formula is C26H48N+. The van der Waals surface area contributed by atoms with Gasteiger partial charge in [-0.1, -0.05) is 104 Å². The van der Waals surface area contributed by atoms with Crippen LogP contribution in [-0.4, -0.2) is 0 Å². The molecule has 1 aromatic rings. The number of aromatic nitrogens is 1. The van der Waals surface area contributed by atoms with Gasteiger partial charge in [0, 0.05) is 18.1 Å². The van der Waals surface area contributed by atoms with Crippen molar-refractivity contribution in [3.8, 4) is 0 Å². The molecule has 0 N–H and O–H groups in total. The Labute approximate surface area is 171 Å². The molecule has 27 heavy (non-hydrogen) atoms. The molecule has 1 heterocycles. The lowest BCUT2D eigenvalue weighted by atomic mass is 10.0. The van der Waals surface area contributed by atoms with Gasteiger partial charge in [-0.2, -0.15) is 0 Å². The molecule has 0 aromatic carbocycles. The Morgan fingerprint density at radius 3 is 1.63 bits per heavy atom.